The van der Waals surface area contributed by atoms with E-state index in [9.17, 15) is 4.79 Å². The van der Waals surface area contributed by atoms with Crippen molar-refractivity contribution in [2.75, 3.05) is 12.0 Å². The molecule has 0 aliphatic carbocycles. The maximum absolute atomic E-state index is 11.8. The zero-order valence-corrected chi connectivity index (χ0v) is 18.3. The highest BCUT2D eigenvalue weighted by Crippen LogP contribution is 2.29. The molecule has 7 nitrogen and oxygen atoms in total. The highest BCUT2D eigenvalue weighted by Gasteiger charge is 2.07. The van der Waals surface area contributed by atoms with Crippen LogP contribution in [0.5, 0.6) is 11.5 Å². The summed E-state index contributed by atoms with van der Waals surface area (Å²) in [5, 5.41) is 4.18. The van der Waals surface area contributed by atoms with E-state index < -0.39 is 0 Å². The van der Waals surface area contributed by atoms with E-state index in [-0.39, 0.29) is 11.5 Å². The van der Waals surface area contributed by atoms with E-state index in [1.165, 1.54) is 11.6 Å². The lowest BCUT2D eigenvalue weighted by Gasteiger charge is -2.13. The zero-order chi connectivity index (χ0) is 22.2. The molecule has 0 aliphatic rings. The number of benzene rings is 2. The van der Waals surface area contributed by atoms with Gasteiger partial charge in [-0.2, -0.15) is 5.10 Å². The second-order valence-electron chi connectivity index (χ2n) is 7.46. The molecule has 2 N–H and O–H groups in total. The second-order valence-corrected chi connectivity index (χ2v) is 7.46. The number of rotatable bonds is 9. The van der Waals surface area contributed by atoms with Crippen LogP contribution in [0.4, 0.5) is 5.95 Å². The molecule has 0 fully saturated rings. The van der Waals surface area contributed by atoms with Crippen LogP contribution in [0, 0.1) is 6.92 Å². The van der Waals surface area contributed by atoms with Crippen LogP contribution in [-0.4, -0.2) is 22.8 Å². The third kappa shape index (κ3) is 6.44. The summed E-state index contributed by atoms with van der Waals surface area (Å²) in [6.07, 6.45) is 1.63. The fourth-order valence-electron chi connectivity index (χ4n) is 2.83. The maximum atomic E-state index is 11.8. The number of nitrogens with zero attached hydrogens (tertiary/aromatic N) is 2. The molecule has 0 unspecified atom stereocenters. The quantitative estimate of drug-likeness (QED) is 0.389. The van der Waals surface area contributed by atoms with Crippen molar-refractivity contribution in [1.29, 1.82) is 0 Å². The van der Waals surface area contributed by atoms with Crippen molar-refractivity contribution in [3.05, 3.63) is 81.3 Å². The number of hydrazone groups is 1. The largest absolute Gasteiger partial charge is 0.490 e. The Morgan fingerprint density at radius 2 is 1.87 bits per heavy atom. The van der Waals surface area contributed by atoms with Gasteiger partial charge in [0.25, 0.3) is 5.56 Å². The summed E-state index contributed by atoms with van der Waals surface area (Å²) in [4.78, 5) is 18.8. The van der Waals surface area contributed by atoms with Gasteiger partial charge < -0.3 is 9.47 Å². The Bertz CT molecular complexity index is 1090. The molecule has 3 rings (SSSR count). The Kier molecular flexibility index (Phi) is 7.43. The van der Waals surface area contributed by atoms with Crippen LogP contribution >= 0.6 is 0 Å². The number of hydrogen-bond acceptors (Lipinski definition) is 6. The molecule has 1 heterocycles. The van der Waals surface area contributed by atoms with Crippen molar-refractivity contribution in [2.24, 2.45) is 5.10 Å². The molecule has 7 heteroatoms. The van der Waals surface area contributed by atoms with Gasteiger partial charge in [0.05, 0.1) is 18.5 Å². The fraction of sp³-hybridized carbons (Fsp3) is 0.292. The van der Waals surface area contributed by atoms with Gasteiger partial charge in [-0.25, -0.2) is 10.4 Å². The Labute approximate surface area is 182 Å². The zero-order valence-electron chi connectivity index (χ0n) is 18.3. The summed E-state index contributed by atoms with van der Waals surface area (Å²) in [6.45, 7) is 8.92. The lowest BCUT2D eigenvalue weighted by molar-refractivity contribution is 0.269. The van der Waals surface area contributed by atoms with Crippen molar-refractivity contribution >= 4 is 12.2 Å². The van der Waals surface area contributed by atoms with Gasteiger partial charge in [0, 0.05) is 6.07 Å². The van der Waals surface area contributed by atoms with Gasteiger partial charge in [0.2, 0.25) is 5.95 Å². The number of aromatic nitrogens is 2. The van der Waals surface area contributed by atoms with Crippen LogP contribution < -0.4 is 20.5 Å². The number of nitrogens with one attached hydrogen (secondary N) is 2. The summed E-state index contributed by atoms with van der Waals surface area (Å²) in [6, 6.07) is 15.3. The van der Waals surface area contributed by atoms with E-state index in [4.69, 9.17) is 9.47 Å². The molecule has 0 aliphatic heterocycles. The number of aromatic amines is 1. The Balaban J connectivity index is 1.69. The summed E-state index contributed by atoms with van der Waals surface area (Å²) < 4.78 is 11.7. The van der Waals surface area contributed by atoms with Gasteiger partial charge in [-0.1, -0.05) is 43.7 Å². The minimum atomic E-state index is -0.217. The summed E-state index contributed by atoms with van der Waals surface area (Å²) in [5.74, 6) is 1.76. The number of hydrogen-bond donors (Lipinski definition) is 2. The standard InChI is InChI=1S/C24H28N4O3/c1-5-30-22-12-19(10-11-21(22)31-15-18-8-6-17(4)7-9-18)14-25-28-24-26-20(16(2)3)13-23(29)27-24/h6-14,16H,5,15H2,1-4H3,(H2,26,27,28,29)/b25-14-. The topological polar surface area (TPSA) is 88.6 Å². The molecular weight excluding hydrogens is 392 g/mol. The Morgan fingerprint density at radius 3 is 2.58 bits per heavy atom. The van der Waals surface area contributed by atoms with E-state index in [1.807, 2.05) is 39.0 Å². The van der Waals surface area contributed by atoms with Gasteiger partial charge in [-0.15, -0.1) is 0 Å². The number of ether oxygens (including phenoxy) is 2. The highest BCUT2D eigenvalue weighted by atomic mass is 16.5. The molecule has 0 amide bonds. The number of aryl methyl sites for hydroxylation is 1. The van der Waals surface area contributed by atoms with Crippen molar-refractivity contribution in [3.63, 3.8) is 0 Å². The molecule has 2 aromatic carbocycles. The van der Waals surface area contributed by atoms with Gasteiger partial charge in [0.15, 0.2) is 11.5 Å². The molecule has 0 saturated heterocycles. The average Bonchev–Trinajstić information content (AvgIpc) is 2.74. The predicted molar refractivity (Wildman–Crippen MR) is 123 cm³/mol. The van der Waals surface area contributed by atoms with E-state index in [2.05, 4.69) is 51.7 Å². The second kappa shape index (κ2) is 10.4. The van der Waals surface area contributed by atoms with Gasteiger partial charge in [-0.3, -0.25) is 9.78 Å². The van der Waals surface area contributed by atoms with Crippen LogP contribution in [0.25, 0.3) is 0 Å². The first kappa shape index (κ1) is 22.1. The normalized spacial score (nSPS) is 11.1. The molecule has 0 saturated carbocycles. The number of anilines is 1. The molecule has 1 aromatic heterocycles. The minimum Gasteiger partial charge on any atom is -0.490 e. The first-order valence-electron chi connectivity index (χ1n) is 10.3. The smallest absolute Gasteiger partial charge is 0.252 e. The Morgan fingerprint density at radius 1 is 1.10 bits per heavy atom. The Hall–Kier alpha value is -3.61. The lowest BCUT2D eigenvalue weighted by Crippen LogP contribution is -2.12. The SMILES string of the molecule is CCOc1cc(/C=N\Nc2nc(C(C)C)cc(=O)[nH]2)ccc1OCc1ccc(C)cc1. The molecule has 0 bridgehead atoms. The van der Waals surface area contributed by atoms with Crippen molar-refractivity contribution in [3.8, 4) is 11.5 Å². The summed E-state index contributed by atoms with van der Waals surface area (Å²) in [5.41, 5.74) is 6.39. The third-order valence-electron chi connectivity index (χ3n) is 4.52. The predicted octanol–water partition coefficient (Wildman–Crippen LogP) is 4.63. The minimum absolute atomic E-state index is 0.146. The van der Waals surface area contributed by atoms with Crippen LogP contribution in [0.15, 0.2) is 58.4 Å². The van der Waals surface area contributed by atoms with Crippen LogP contribution in [0.3, 0.4) is 0 Å². The molecule has 3 aromatic rings. The lowest BCUT2D eigenvalue weighted by atomic mass is 10.1. The van der Waals surface area contributed by atoms with E-state index in [0.717, 1.165) is 11.1 Å². The van der Waals surface area contributed by atoms with Crippen molar-refractivity contribution in [2.45, 2.75) is 40.2 Å². The number of H-pyrrole nitrogens is 1. The average molecular weight is 421 g/mol. The monoisotopic (exact) mass is 420 g/mol. The van der Waals surface area contributed by atoms with E-state index in [0.29, 0.717) is 36.4 Å². The third-order valence-corrected chi connectivity index (χ3v) is 4.52. The fourth-order valence-corrected chi connectivity index (χ4v) is 2.83. The first-order valence-corrected chi connectivity index (χ1v) is 10.3. The molecular formula is C24H28N4O3. The first-order chi connectivity index (χ1) is 14.9. The molecule has 162 valence electrons. The van der Waals surface area contributed by atoms with Gasteiger partial charge in [0.1, 0.15) is 6.61 Å². The van der Waals surface area contributed by atoms with Crippen LogP contribution in [0.1, 0.15) is 49.1 Å². The van der Waals surface area contributed by atoms with Gasteiger partial charge in [-0.05, 0) is 49.1 Å². The maximum Gasteiger partial charge on any atom is 0.252 e. The van der Waals surface area contributed by atoms with E-state index >= 15 is 0 Å². The highest BCUT2D eigenvalue weighted by molar-refractivity contribution is 5.81. The summed E-state index contributed by atoms with van der Waals surface area (Å²) >= 11 is 0. The van der Waals surface area contributed by atoms with Gasteiger partial charge >= 0.3 is 0 Å². The van der Waals surface area contributed by atoms with E-state index in [1.54, 1.807) is 6.21 Å². The van der Waals surface area contributed by atoms with Crippen molar-refractivity contribution < 1.29 is 9.47 Å². The molecule has 0 radical (unpaired) electrons. The summed E-state index contributed by atoms with van der Waals surface area (Å²) in [7, 11) is 0. The van der Waals surface area contributed by atoms with Crippen LogP contribution in [0.2, 0.25) is 0 Å². The van der Waals surface area contributed by atoms with Crippen LogP contribution in [-0.2, 0) is 6.61 Å². The van der Waals surface area contributed by atoms with Crippen molar-refractivity contribution in [1.82, 2.24) is 9.97 Å². The molecule has 0 spiro atoms. The molecule has 0 atom stereocenters. The molecule has 31 heavy (non-hydrogen) atoms.